The van der Waals surface area contributed by atoms with Crippen molar-refractivity contribution in [3.63, 3.8) is 0 Å². The van der Waals surface area contributed by atoms with Crippen molar-refractivity contribution >= 4 is 5.97 Å². The summed E-state index contributed by atoms with van der Waals surface area (Å²) in [6, 6.07) is 0. The molecular formula is C25H53NO2. The van der Waals surface area contributed by atoms with Gasteiger partial charge in [0.05, 0.1) is 26.7 Å². The second kappa shape index (κ2) is 22.7. The van der Waals surface area contributed by atoms with Gasteiger partial charge in [0, 0.05) is 5.97 Å². The summed E-state index contributed by atoms with van der Waals surface area (Å²) in [6.07, 6.45) is 20.0. The fourth-order valence-electron chi connectivity index (χ4n) is 3.62. The number of rotatable bonds is 19. The molecule has 0 heterocycles. The Labute approximate surface area is 177 Å². The summed E-state index contributed by atoms with van der Waals surface area (Å²) in [4.78, 5) is 9.76. The first kappa shape index (κ1) is 29.6. The molecule has 0 fully saturated rings. The van der Waals surface area contributed by atoms with Crippen LogP contribution >= 0.6 is 0 Å². The van der Waals surface area contributed by atoms with Gasteiger partial charge in [-0.1, -0.05) is 79.1 Å². The van der Waals surface area contributed by atoms with Gasteiger partial charge in [0.25, 0.3) is 0 Å². The Kier molecular flexibility index (Phi) is 24.0. The van der Waals surface area contributed by atoms with E-state index in [0.717, 1.165) is 19.3 Å². The molecule has 0 radical (unpaired) electrons. The van der Waals surface area contributed by atoms with Crippen LogP contribution in [0.2, 0.25) is 0 Å². The van der Waals surface area contributed by atoms with Crippen LogP contribution in [-0.2, 0) is 4.79 Å². The third kappa shape index (κ3) is 23.5. The predicted octanol–water partition coefficient (Wildman–Crippen LogP) is 6.49. The molecule has 3 heteroatoms. The Balaban J connectivity index is 0. The zero-order chi connectivity index (χ0) is 21.5. The highest BCUT2D eigenvalue weighted by Gasteiger charge is 2.19. The van der Waals surface area contributed by atoms with E-state index in [9.17, 15) is 9.90 Å². The molecule has 0 saturated carbocycles. The van der Waals surface area contributed by atoms with Crippen molar-refractivity contribution in [1.29, 1.82) is 0 Å². The number of hydrogen-bond donors (Lipinski definition) is 0. The summed E-state index contributed by atoms with van der Waals surface area (Å²) >= 11 is 0. The van der Waals surface area contributed by atoms with Gasteiger partial charge in [-0.2, -0.15) is 0 Å². The van der Waals surface area contributed by atoms with Gasteiger partial charge in [-0.05, 0) is 51.4 Å². The fraction of sp³-hybridized carbons (Fsp3) is 0.960. The predicted molar refractivity (Wildman–Crippen MR) is 122 cm³/mol. The first-order chi connectivity index (χ1) is 13.5. The molecule has 0 N–H and O–H groups in total. The maximum atomic E-state index is 9.76. The molecule has 0 amide bonds. The minimum Gasteiger partial charge on any atom is -0.550 e. The summed E-state index contributed by atoms with van der Waals surface area (Å²) in [7, 11) is 2.52. The lowest BCUT2D eigenvalue weighted by Crippen LogP contribution is -2.46. The second-order valence-electron chi connectivity index (χ2n) is 8.80. The van der Waals surface area contributed by atoms with E-state index in [0.29, 0.717) is 0 Å². The van der Waals surface area contributed by atoms with Crippen molar-refractivity contribution < 1.29 is 14.4 Å². The van der Waals surface area contributed by atoms with Crippen molar-refractivity contribution in [3.8, 4) is 0 Å². The number of hydrogen-bond acceptors (Lipinski definition) is 2. The number of quaternary nitrogens is 1. The van der Waals surface area contributed by atoms with Crippen LogP contribution in [0.3, 0.4) is 0 Å². The molecule has 0 aliphatic rings. The largest absolute Gasteiger partial charge is 0.550 e. The van der Waals surface area contributed by atoms with Gasteiger partial charge >= 0.3 is 0 Å². The lowest BCUT2D eigenvalue weighted by atomic mass is 10.1. The quantitative estimate of drug-likeness (QED) is 0.184. The number of aliphatic carboxylic acids is 1. The number of carboxylic acid groups (broad SMARTS) is 1. The number of carbonyl (C=O) groups is 1. The molecule has 3 nitrogen and oxygen atoms in total. The standard InChI is InChI=1S/C19H42N.C6H12O2/c1-5-8-11-14-17-20(4,18-15-12-9-6-2)19-16-13-10-7-3;1-2-3-4-5-6(7)8/h5-19H2,1-4H3;2-5H2,1H3,(H,7,8)/q+1;/p-1. The van der Waals surface area contributed by atoms with Gasteiger partial charge < -0.3 is 14.4 Å². The first-order valence-corrected chi connectivity index (χ1v) is 12.5. The van der Waals surface area contributed by atoms with E-state index < -0.39 is 5.97 Å². The first-order valence-electron chi connectivity index (χ1n) is 12.5. The third-order valence-electron chi connectivity index (χ3n) is 5.64. The normalized spacial score (nSPS) is 11.2. The number of carbonyl (C=O) groups excluding carboxylic acids is 1. The Morgan fingerprint density at radius 3 is 1.18 bits per heavy atom. The SMILES string of the molecule is CCCCCC(=O)[O-].CCCCCC[N+](C)(CCCCCC)CCCCCC. The average Bonchev–Trinajstić information content (AvgIpc) is 2.67. The van der Waals surface area contributed by atoms with Crippen molar-refractivity contribution in [2.75, 3.05) is 26.7 Å². The maximum absolute atomic E-state index is 9.76. The Morgan fingerprint density at radius 1 is 0.571 bits per heavy atom. The van der Waals surface area contributed by atoms with Crippen LogP contribution in [-0.4, -0.2) is 37.1 Å². The molecule has 0 aromatic heterocycles. The molecule has 0 aromatic rings. The third-order valence-corrected chi connectivity index (χ3v) is 5.64. The highest BCUT2D eigenvalue weighted by atomic mass is 16.4. The van der Waals surface area contributed by atoms with Gasteiger partial charge in [-0.3, -0.25) is 0 Å². The highest BCUT2D eigenvalue weighted by Crippen LogP contribution is 2.14. The van der Waals surface area contributed by atoms with E-state index in [1.165, 1.54) is 101 Å². The summed E-state index contributed by atoms with van der Waals surface area (Å²) < 4.78 is 1.34. The highest BCUT2D eigenvalue weighted by molar-refractivity contribution is 5.63. The summed E-state index contributed by atoms with van der Waals surface area (Å²) in [5.74, 6) is -0.932. The van der Waals surface area contributed by atoms with Crippen LogP contribution in [0.4, 0.5) is 0 Å². The number of carboxylic acids is 1. The molecule has 0 spiro atoms. The molecule has 170 valence electrons. The average molecular weight is 400 g/mol. The molecule has 0 saturated heterocycles. The van der Waals surface area contributed by atoms with Crippen LogP contribution in [0.15, 0.2) is 0 Å². The lowest BCUT2D eigenvalue weighted by Gasteiger charge is -2.35. The van der Waals surface area contributed by atoms with Crippen LogP contribution in [0.5, 0.6) is 0 Å². The van der Waals surface area contributed by atoms with Gasteiger partial charge in [0.2, 0.25) is 0 Å². The fourth-order valence-corrected chi connectivity index (χ4v) is 3.62. The lowest BCUT2D eigenvalue weighted by molar-refractivity contribution is -0.910. The monoisotopic (exact) mass is 399 g/mol. The van der Waals surface area contributed by atoms with E-state index in [1.807, 2.05) is 6.92 Å². The van der Waals surface area contributed by atoms with Gasteiger partial charge in [0.15, 0.2) is 0 Å². The minimum absolute atomic E-state index is 0.216. The van der Waals surface area contributed by atoms with Gasteiger partial charge in [0.1, 0.15) is 0 Å². The number of nitrogens with zero attached hydrogens (tertiary/aromatic N) is 1. The molecule has 0 atom stereocenters. The van der Waals surface area contributed by atoms with Crippen molar-refractivity contribution in [3.05, 3.63) is 0 Å². The zero-order valence-electron chi connectivity index (χ0n) is 20.2. The van der Waals surface area contributed by atoms with E-state index in [2.05, 4.69) is 27.8 Å². The van der Waals surface area contributed by atoms with Crippen LogP contribution < -0.4 is 5.11 Å². The van der Waals surface area contributed by atoms with E-state index >= 15 is 0 Å². The van der Waals surface area contributed by atoms with E-state index in [1.54, 1.807) is 0 Å². The molecule has 0 aliphatic carbocycles. The summed E-state index contributed by atoms with van der Waals surface area (Å²) in [6.45, 7) is 13.2. The minimum atomic E-state index is -0.932. The van der Waals surface area contributed by atoms with Crippen molar-refractivity contribution in [2.24, 2.45) is 0 Å². The zero-order valence-corrected chi connectivity index (χ0v) is 20.2. The molecule has 0 bridgehead atoms. The van der Waals surface area contributed by atoms with Crippen molar-refractivity contribution in [2.45, 2.75) is 130 Å². The molecule has 0 aromatic carbocycles. The van der Waals surface area contributed by atoms with Crippen LogP contribution in [0.1, 0.15) is 130 Å². The molecule has 0 unspecified atom stereocenters. The second-order valence-corrected chi connectivity index (χ2v) is 8.80. The van der Waals surface area contributed by atoms with E-state index in [-0.39, 0.29) is 6.42 Å². The molecule has 28 heavy (non-hydrogen) atoms. The number of unbranched alkanes of at least 4 members (excludes halogenated alkanes) is 11. The smallest absolute Gasteiger partial charge is 0.0784 e. The van der Waals surface area contributed by atoms with Crippen LogP contribution in [0.25, 0.3) is 0 Å². The van der Waals surface area contributed by atoms with Gasteiger partial charge in [-0.25, -0.2) is 0 Å². The Bertz CT molecular complexity index is 286. The summed E-state index contributed by atoms with van der Waals surface area (Å²) in [5.41, 5.74) is 0. The van der Waals surface area contributed by atoms with E-state index in [4.69, 9.17) is 0 Å². The Morgan fingerprint density at radius 2 is 0.893 bits per heavy atom. The van der Waals surface area contributed by atoms with Crippen LogP contribution in [0, 0.1) is 0 Å². The topological polar surface area (TPSA) is 40.1 Å². The molecule has 0 rings (SSSR count). The van der Waals surface area contributed by atoms with Crippen molar-refractivity contribution in [1.82, 2.24) is 0 Å². The Hall–Kier alpha value is -0.570. The maximum Gasteiger partial charge on any atom is 0.0784 e. The summed E-state index contributed by atoms with van der Waals surface area (Å²) in [5, 5.41) is 9.76. The van der Waals surface area contributed by atoms with Gasteiger partial charge in [-0.15, -0.1) is 0 Å². The molecule has 0 aliphatic heterocycles. The molecular weight excluding hydrogens is 346 g/mol.